The van der Waals surface area contributed by atoms with E-state index in [1.807, 2.05) is 6.92 Å². The molecule has 4 rings (SSSR count). The molecule has 6 atom stereocenters. The summed E-state index contributed by atoms with van der Waals surface area (Å²) >= 11 is 0. The van der Waals surface area contributed by atoms with Gasteiger partial charge in [0, 0.05) is 20.3 Å². The molecule has 0 amide bonds. The zero-order chi connectivity index (χ0) is 21.0. The van der Waals surface area contributed by atoms with Crippen molar-refractivity contribution in [3.05, 3.63) is 23.0 Å². The van der Waals surface area contributed by atoms with Crippen molar-refractivity contribution in [3.8, 4) is 0 Å². The maximum atomic E-state index is 11.5. The molecule has 0 aromatic carbocycles. The van der Waals surface area contributed by atoms with Crippen LogP contribution in [0.5, 0.6) is 0 Å². The highest BCUT2D eigenvalue weighted by molar-refractivity contribution is 5.67. The molecular weight excluding hydrogens is 364 g/mol. The summed E-state index contributed by atoms with van der Waals surface area (Å²) in [5.74, 6) is 2.57. The second kappa shape index (κ2) is 7.28. The van der Waals surface area contributed by atoms with Crippen LogP contribution in [-0.4, -0.2) is 18.0 Å². The number of carbonyl (C=O) groups excluding carboxylic acids is 2. The lowest BCUT2D eigenvalue weighted by atomic mass is 9.48. The van der Waals surface area contributed by atoms with Crippen molar-refractivity contribution in [2.75, 3.05) is 0 Å². The smallest absolute Gasteiger partial charge is 0.307 e. The molecule has 3 fully saturated rings. The summed E-state index contributed by atoms with van der Waals surface area (Å²) in [4.78, 5) is 22.9. The number of hydrogen-bond donors (Lipinski definition) is 0. The molecule has 0 saturated heterocycles. The lowest BCUT2D eigenvalue weighted by Crippen LogP contribution is -2.49. The second-order valence-corrected chi connectivity index (χ2v) is 10.4. The van der Waals surface area contributed by atoms with Crippen LogP contribution < -0.4 is 0 Å². The predicted octanol–water partition coefficient (Wildman–Crippen LogP) is 5.72. The van der Waals surface area contributed by atoms with Gasteiger partial charge < -0.3 is 9.47 Å². The van der Waals surface area contributed by atoms with Crippen LogP contribution in [0.15, 0.2) is 23.0 Å². The number of hydrogen-bond acceptors (Lipinski definition) is 4. The Hall–Kier alpha value is -1.58. The fourth-order valence-electron chi connectivity index (χ4n) is 7.63. The van der Waals surface area contributed by atoms with Gasteiger partial charge in [0.05, 0.1) is 0 Å². The molecule has 0 aliphatic heterocycles. The molecule has 0 spiro atoms. The normalized spacial score (nSPS) is 42.7. The van der Waals surface area contributed by atoms with E-state index >= 15 is 0 Å². The van der Waals surface area contributed by atoms with Crippen molar-refractivity contribution in [3.63, 3.8) is 0 Å². The van der Waals surface area contributed by atoms with E-state index in [1.54, 1.807) is 0 Å². The van der Waals surface area contributed by atoms with Crippen molar-refractivity contribution < 1.29 is 19.1 Å². The Morgan fingerprint density at radius 1 is 0.966 bits per heavy atom. The molecule has 0 radical (unpaired) electrons. The molecule has 0 N–H and O–H groups in total. The minimum absolute atomic E-state index is 0.0598. The highest BCUT2D eigenvalue weighted by Crippen LogP contribution is 2.66. The average Bonchev–Trinajstić information content (AvgIpc) is 2.98. The van der Waals surface area contributed by atoms with Crippen molar-refractivity contribution in [1.82, 2.24) is 0 Å². The maximum Gasteiger partial charge on any atom is 0.307 e. The van der Waals surface area contributed by atoms with Crippen molar-refractivity contribution in [1.29, 1.82) is 0 Å². The number of fused-ring (bicyclic) bond motifs is 5. The fourth-order valence-corrected chi connectivity index (χ4v) is 7.63. The minimum Gasteiger partial charge on any atom is -0.462 e. The Kier molecular flexibility index (Phi) is 5.19. The summed E-state index contributed by atoms with van der Waals surface area (Å²) in [6, 6.07) is 0. The maximum absolute atomic E-state index is 11.5. The predicted molar refractivity (Wildman–Crippen MR) is 112 cm³/mol. The Morgan fingerprint density at radius 2 is 1.66 bits per heavy atom. The van der Waals surface area contributed by atoms with Gasteiger partial charge in [-0.05, 0) is 86.0 Å². The molecule has 3 saturated carbocycles. The van der Waals surface area contributed by atoms with E-state index in [0.717, 1.165) is 37.9 Å². The molecule has 0 aromatic heterocycles. The molecule has 4 heteroatoms. The lowest BCUT2D eigenvalue weighted by Gasteiger charge is -2.57. The van der Waals surface area contributed by atoms with E-state index in [2.05, 4.69) is 19.9 Å². The number of esters is 2. The summed E-state index contributed by atoms with van der Waals surface area (Å²) in [7, 11) is 0. The summed E-state index contributed by atoms with van der Waals surface area (Å²) in [6.07, 6.45) is 11.4. The van der Waals surface area contributed by atoms with Crippen LogP contribution in [0, 0.1) is 28.6 Å². The van der Waals surface area contributed by atoms with Gasteiger partial charge in [-0.2, -0.15) is 0 Å². The van der Waals surface area contributed by atoms with Crippen molar-refractivity contribution in [2.45, 2.75) is 92.1 Å². The van der Waals surface area contributed by atoms with Gasteiger partial charge in [-0.3, -0.25) is 9.59 Å². The van der Waals surface area contributed by atoms with Gasteiger partial charge in [0.2, 0.25) is 0 Å². The number of ether oxygens (including phenoxy) is 2. The monoisotopic (exact) mass is 400 g/mol. The molecular formula is C25H36O4. The van der Waals surface area contributed by atoms with Crippen LogP contribution in [0.1, 0.15) is 86.0 Å². The van der Waals surface area contributed by atoms with Gasteiger partial charge in [0.1, 0.15) is 11.9 Å². The first-order chi connectivity index (χ1) is 13.6. The molecule has 0 heterocycles. The van der Waals surface area contributed by atoms with Gasteiger partial charge in [-0.15, -0.1) is 0 Å². The summed E-state index contributed by atoms with van der Waals surface area (Å²) in [5.41, 5.74) is 3.33. The topological polar surface area (TPSA) is 52.6 Å². The molecule has 4 aliphatic carbocycles. The Labute approximate surface area is 175 Å². The standard InChI is InChI=1S/C25H36O4/c1-15(28-16(2)26)21-8-9-22-20-7-6-18-14-19(29-17(3)27)10-12-24(18,4)23(20)11-13-25(21,22)5/h6,19-20,22-23H,7-14H2,1-5H3. The third-order valence-corrected chi connectivity index (χ3v) is 8.90. The number of carbonyl (C=O) groups is 2. The van der Waals surface area contributed by atoms with Gasteiger partial charge in [-0.25, -0.2) is 0 Å². The van der Waals surface area contributed by atoms with Gasteiger partial charge in [0.25, 0.3) is 0 Å². The van der Waals surface area contributed by atoms with Crippen LogP contribution in [0.2, 0.25) is 0 Å². The first-order valence-corrected chi connectivity index (χ1v) is 11.4. The van der Waals surface area contributed by atoms with Crippen LogP contribution in [0.25, 0.3) is 0 Å². The van der Waals surface area contributed by atoms with Crippen molar-refractivity contribution in [2.24, 2.45) is 28.6 Å². The van der Waals surface area contributed by atoms with E-state index in [-0.39, 0.29) is 28.9 Å². The summed E-state index contributed by atoms with van der Waals surface area (Å²) in [5, 5.41) is 0. The van der Waals surface area contributed by atoms with Crippen molar-refractivity contribution >= 4 is 11.9 Å². The molecule has 4 aliphatic rings. The second-order valence-electron chi connectivity index (χ2n) is 10.4. The van der Waals surface area contributed by atoms with Crippen LogP contribution in [0.3, 0.4) is 0 Å². The van der Waals surface area contributed by atoms with Gasteiger partial charge >= 0.3 is 11.9 Å². The zero-order valence-electron chi connectivity index (χ0n) is 18.7. The highest BCUT2D eigenvalue weighted by atomic mass is 16.5. The Morgan fingerprint density at radius 3 is 2.34 bits per heavy atom. The average molecular weight is 401 g/mol. The Balaban J connectivity index is 1.59. The van der Waals surface area contributed by atoms with Crippen LogP contribution >= 0.6 is 0 Å². The highest BCUT2D eigenvalue weighted by Gasteiger charge is 2.57. The zero-order valence-corrected chi connectivity index (χ0v) is 18.7. The van der Waals surface area contributed by atoms with Crippen LogP contribution in [0.4, 0.5) is 0 Å². The molecule has 160 valence electrons. The first kappa shape index (κ1) is 20.7. The van der Waals surface area contributed by atoms with Crippen LogP contribution in [-0.2, 0) is 19.1 Å². The van der Waals surface area contributed by atoms with Gasteiger partial charge in [0.15, 0.2) is 0 Å². The third-order valence-electron chi connectivity index (χ3n) is 8.90. The lowest BCUT2D eigenvalue weighted by molar-refractivity contribution is -0.148. The third kappa shape index (κ3) is 3.37. The van der Waals surface area contributed by atoms with E-state index < -0.39 is 0 Å². The van der Waals surface area contributed by atoms with E-state index in [9.17, 15) is 9.59 Å². The SMILES string of the molecule is CC(=O)OC(C)=C1CCC2C3CC=C4CC(OC(C)=O)CCC4(C)C3CCC12C. The fraction of sp³-hybridized carbons (Fsp3) is 0.760. The summed E-state index contributed by atoms with van der Waals surface area (Å²) in [6.45, 7) is 9.88. The molecule has 0 bridgehead atoms. The largest absolute Gasteiger partial charge is 0.462 e. The van der Waals surface area contributed by atoms with E-state index in [0.29, 0.717) is 17.8 Å². The quantitative estimate of drug-likeness (QED) is 0.338. The first-order valence-electron chi connectivity index (χ1n) is 11.4. The molecule has 0 aromatic rings. The van der Waals surface area contributed by atoms with E-state index in [1.165, 1.54) is 44.3 Å². The molecule has 6 unspecified atom stereocenters. The van der Waals surface area contributed by atoms with Gasteiger partial charge in [-0.1, -0.05) is 25.5 Å². The number of rotatable bonds is 2. The van der Waals surface area contributed by atoms with E-state index in [4.69, 9.17) is 9.47 Å². The molecule has 4 nitrogen and oxygen atoms in total. The minimum atomic E-state index is -0.210. The summed E-state index contributed by atoms with van der Waals surface area (Å²) < 4.78 is 11.1. The Bertz CT molecular complexity index is 778. The number of allylic oxidation sites excluding steroid dienone is 3. The molecule has 29 heavy (non-hydrogen) atoms.